The third kappa shape index (κ3) is 3.17. The van der Waals surface area contributed by atoms with Crippen molar-refractivity contribution in [3.05, 3.63) is 53.1 Å². The van der Waals surface area contributed by atoms with Crippen LogP contribution in [0.4, 0.5) is 0 Å². The molecule has 1 heterocycles. The van der Waals surface area contributed by atoms with Crippen LogP contribution in [-0.4, -0.2) is 16.0 Å². The molecule has 90 valence electrons. The second-order valence-corrected chi connectivity index (χ2v) is 4.63. The molecule has 0 aliphatic rings. The molecule has 0 radical (unpaired) electrons. The van der Waals surface area contributed by atoms with E-state index in [0.717, 1.165) is 18.7 Å². The van der Waals surface area contributed by atoms with Gasteiger partial charge in [0, 0.05) is 24.9 Å². The van der Waals surface area contributed by atoms with Crippen LogP contribution in [0.15, 0.2) is 30.6 Å². The van der Waals surface area contributed by atoms with Crippen LogP contribution in [0.5, 0.6) is 0 Å². The van der Waals surface area contributed by atoms with Crippen molar-refractivity contribution in [3.63, 3.8) is 0 Å². The molecule has 0 aliphatic heterocycles. The number of nitrogens with two attached hydrogens (primary N) is 1. The summed E-state index contributed by atoms with van der Waals surface area (Å²) in [6.07, 6.45) is 5.29. The van der Waals surface area contributed by atoms with Gasteiger partial charge in [0.25, 0.3) is 0 Å². The molecule has 2 rings (SSSR count). The van der Waals surface area contributed by atoms with Gasteiger partial charge in [0.15, 0.2) is 0 Å². The molecule has 0 spiro atoms. The normalized spacial score (nSPS) is 12.6. The molecule has 3 heteroatoms. The Morgan fingerprint density at radius 1 is 1.29 bits per heavy atom. The Morgan fingerprint density at radius 2 is 2.12 bits per heavy atom. The van der Waals surface area contributed by atoms with E-state index in [9.17, 15) is 0 Å². The van der Waals surface area contributed by atoms with Gasteiger partial charge in [0.2, 0.25) is 0 Å². The molecule has 1 atom stereocenters. The number of hydrogen-bond acceptors (Lipinski definition) is 2. The van der Waals surface area contributed by atoms with Crippen LogP contribution in [0.1, 0.15) is 22.5 Å². The summed E-state index contributed by atoms with van der Waals surface area (Å²) in [5.74, 6) is 0.961. The van der Waals surface area contributed by atoms with Crippen LogP contribution in [0.3, 0.4) is 0 Å². The maximum Gasteiger partial charge on any atom is 0.107 e. The van der Waals surface area contributed by atoms with Gasteiger partial charge < -0.3 is 10.7 Å². The van der Waals surface area contributed by atoms with Crippen molar-refractivity contribution < 1.29 is 0 Å². The van der Waals surface area contributed by atoms with E-state index >= 15 is 0 Å². The summed E-state index contributed by atoms with van der Waals surface area (Å²) in [6.45, 7) is 4.25. The molecular formula is C14H19N3. The van der Waals surface area contributed by atoms with Crippen molar-refractivity contribution >= 4 is 0 Å². The van der Waals surface area contributed by atoms with E-state index in [-0.39, 0.29) is 6.04 Å². The Bertz CT molecular complexity index is 474. The van der Waals surface area contributed by atoms with Gasteiger partial charge in [0.1, 0.15) is 5.82 Å². The third-order valence-corrected chi connectivity index (χ3v) is 3.00. The number of nitrogens with one attached hydrogen (secondary N) is 1. The van der Waals surface area contributed by atoms with Gasteiger partial charge in [-0.1, -0.05) is 23.8 Å². The Morgan fingerprint density at radius 3 is 2.82 bits per heavy atom. The maximum absolute atomic E-state index is 6.16. The van der Waals surface area contributed by atoms with Gasteiger partial charge in [-0.3, -0.25) is 0 Å². The number of hydrogen-bond donors (Lipinski definition) is 2. The highest BCUT2D eigenvalue weighted by molar-refractivity contribution is 5.31. The Hall–Kier alpha value is -1.61. The van der Waals surface area contributed by atoms with Crippen molar-refractivity contribution in [1.29, 1.82) is 0 Å². The molecule has 1 aromatic carbocycles. The number of aromatic nitrogens is 2. The summed E-state index contributed by atoms with van der Waals surface area (Å²) in [5.41, 5.74) is 10.1. The fraction of sp³-hybridized carbons (Fsp3) is 0.357. The minimum Gasteiger partial charge on any atom is -0.349 e. The second kappa shape index (κ2) is 5.15. The number of imidazole rings is 1. The summed E-state index contributed by atoms with van der Waals surface area (Å²) >= 11 is 0. The van der Waals surface area contributed by atoms with Crippen LogP contribution < -0.4 is 5.73 Å². The predicted molar refractivity (Wildman–Crippen MR) is 69.9 cm³/mol. The SMILES string of the molecule is Cc1ccc(C)c(CC(N)Cc2ncc[nH]2)c1. The van der Waals surface area contributed by atoms with E-state index in [1.165, 1.54) is 16.7 Å². The van der Waals surface area contributed by atoms with Crippen molar-refractivity contribution in [2.45, 2.75) is 32.7 Å². The van der Waals surface area contributed by atoms with Gasteiger partial charge in [-0.2, -0.15) is 0 Å². The van der Waals surface area contributed by atoms with E-state index in [1.54, 1.807) is 6.20 Å². The molecule has 0 aliphatic carbocycles. The monoisotopic (exact) mass is 229 g/mol. The molecule has 0 saturated heterocycles. The lowest BCUT2D eigenvalue weighted by atomic mass is 9.98. The van der Waals surface area contributed by atoms with Gasteiger partial charge >= 0.3 is 0 Å². The number of H-pyrrole nitrogens is 1. The van der Waals surface area contributed by atoms with E-state index < -0.39 is 0 Å². The molecule has 17 heavy (non-hydrogen) atoms. The Labute approximate surface area is 102 Å². The van der Waals surface area contributed by atoms with E-state index in [0.29, 0.717) is 0 Å². The number of aryl methyl sites for hydroxylation is 2. The van der Waals surface area contributed by atoms with Gasteiger partial charge in [-0.05, 0) is 31.4 Å². The van der Waals surface area contributed by atoms with Crippen molar-refractivity contribution in [1.82, 2.24) is 9.97 Å². The third-order valence-electron chi connectivity index (χ3n) is 3.00. The number of benzene rings is 1. The van der Waals surface area contributed by atoms with Crippen LogP contribution in [0.2, 0.25) is 0 Å². The zero-order valence-electron chi connectivity index (χ0n) is 10.4. The van der Waals surface area contributed by atoms with Crippen LogP contribution in [-0.2, 0) is 12.8 Å². The van der Waals surface area contributed by atoms with E-state index in [1.807, 2.05) is 6.20 Å². The first kappa shape index (κ1) is 11.9. The molecule has 0 saturated carbocycles. The Kier molecular flexibility index (Phi) is 3.59. The van der Waals surface area contributed by atoms with Crippen LogP contribution in [0, 0.1) is 13.8 Å². The zero-order valence-corrected chi connectivity index (χ0v) is 10.4. The lowest BCUT2D eigenvalue weighted by molar-refractivity contribution is 0.643. The van der Waals surface area contributed by atoms with Crippen LogP contribution >= 0.6 is 0 Å². The molecular weight excluding hydrogens is 210 g/mol. The van der Waals surface area contributed by atoms with Crippen LogP contribution in [0.25, 0.3) is 0 Å². The Balaban J connectivity index is 2.02. The highest BCUT2D eigenvalue weighted by Gasteiger charge is 2.08. The predicted octanol–water partition coefficient (Wildman–Crippen LogP) is 2.14. The van der Waals surface area contributed by atoms with E-state index in [2.05, 4.69) is 42.0 Å². The number of nitrogens with zero attached hydrogens (tertiary/aromatic N) is 1. The smallest absolute Gasteiger partial charge is 0.107 e. The fourth-order valence-corrected chi connectivity index (χ4v) is 2.03. The minimum atomic E-state index is 0.113. The molecule has 0 amide bonds. The number of rotatable bonds is 4. The lowest BCUT2D eigenvalue weighted by Crippen LogP contribution is -2.26. The lowest BCUT2D eigenvalue weighted by Gasteiger charge is -2.13. The molecule has 0 bridgehead atoms. The average Bonchev–Trinajstić information content (AvgIpc) is 2.76. The highest BCUT2D eigenvalue weighted by atomic mass is 14.9. The summed E-state index contributed by atoms with van der Waals surface area (Å²) in [4.78, 5) is 7.29. The number of aromatic amines is 1. The maximum atomic E-state index is 6.16. The summed E-state index contributed by atoms with van der Waals surface area (Å²) in [6, 6.07) is 6.63. The first-order valence-electron chi connectivity index (χ1n) is 5.95. The highest BCUT2D eigenvalue weighted by Crippen LogP contribution is 2.13. The van der Waals surface area contributed by atoms with Gasteiger partial charge in [-0.15, -0.1) is 0 Å². The second-order valence-electron chi connectivity index (χ2n) is 4.63. The van der Waals surface area contributed by atoms with Crippen molar-refractivity contribution in [2.75, 3.05) is 0 Å². The van der Waals surface area contributed by atoms with Crippen molar-refractivity contribution in [3.8, 4) is 0 Å². The molecule has 3 nitrogen and oxygen atoms in total. The summed E-state index contributed by atoms with van der Waals surface area (Å²) in [5, 5.41) is 0. The van der Waals surface area contributed by atoms with Crippen molar-refractivity contribution in [2.24, 2.45) is 5.73 Å². The topological polar surface area (TPSA) is 54.7 Å². The molecule has 2 aromatic rings. The van der Waals surface area contributed by atoms with Gasteiger partial charge in [0.05, 0.1) is 0 Å². The zero-order chi connectivity index (χ0) is 12.3. The molecule has 1 unspecified atom stereocenters. The largest absolute Gasteiger partial charge is 0.349 e. The standard InChI is InChI=1S/C14H19N3/c1-10-3-4-11(2)12(7-10)8-13(15)9-14-16-5-6-17-14/h3-7,13H,8-9,15H2,1-2H3,(H,16,17). The molecule has 1 aromatic heterocycles. The molecule has 0 fully saturated rings. The summed E-state index contributed by atoms with van der Waals surface area (Å²) in [7, 11) is 0. The first-order valence-corrected chi connectivity index (χ1v) is 5.95. The quantitative estimate of drug-likeness (QED) is 0.844. The van der Waals surface area contributed by atoms with Gasteiger partial charge in [-0.25, -0.2) is 4.98 Å². The average molecular weight is 229 g/mol. The fourth-order valence-electron chi connectivity index (χ4n) is 2.03. The summed E-state index contributed by atoms with van der Waals surface area (Å²) < 4.78 is 0. The van der Waals surface area contributed by atoms with E-state index in [4.69, 9.17) is 5.73 Å². The minimum absolute atomic E-state index is 0.113. The molecule has 3 N–H and O–H groups in total. The first-order chi connectivity index (χ1) is 8.15.